The number of rotatable bonds is 5. The highest BCUT2D eigenvalue weighted by molar-refractivity contribution is 5.96. The van der Waals surface area contributed by atoms with E-state index in [4.69, 9.17) is 0 Å². The highest BCUT2D eigenvalue weighted by atomic mass is 19.1. The van der Waals surface area contributed by atoms with Crippen molar-refractivity contribution in [2.75, 3.05) is 0 Å². The Labute approximate surface area is 151 Å². The number of carbonyl (C=O) groups excluding carboxylic acids is 1. The molecular formula is C19H22FN3O3. The number of nitrogens with one attached hydrogen (secondary N) is 1. The van der Waals surface area contributed by atoms with Gasteiger partial charge in [0.1, 0.15) is 11.9 Å². The number of halogens is 1. The van der Waals surface area contributed by atoms with E-state index in [9.17, 15) is 19.1 Å². The average Bonchev–Trinajstić information content (AvgIpc) is 2.98. The molecule has 1 amide bonds. The minimum atomic E-state index is -1.08. The molecule has 0 saturated heterocycles. The van der Waals surface area contributed by atoms with Crippen molar-refractivity contribution < 1.29 is 19.1 Å². The third kappa shape index (κ3) is 3.47. The number of hydrogen-bond acceptors (Lipinski definition) is 3. The molecule has 0 aliphatic heterocycles. The van der Waals surface area contributed by atoms with Crippen molar-refractivity contribution in [2.45, 2.75) is 45.6 Å². The molecule has 1 aromatic carbocycles. The number of hydrogen-bond donors (Lipinski definition) is 2. The fourth-order valence-corrected chi connectivity index (χ4v) is 3.33. The van der Waals surface area contributed by atoms with Gasteiger partial charge < -0.3 is 10.4 Å². The van der Waals surface area contributed by atoms with E-state index in [1.807, 2.05) is 0 Å². The summed E-state index contributed by atoms with van der Waals surface area (Å²) in [5.74, 6) is -2.21. The molecule has 1 aromatic heterocycles. The van der Waals surface area contributed by atoms with E-state index < -0.39 is 17.9 Å². The second-order valence-corrected chi connectivity index (χ2v) is 6.91. The third-order valence-corrected chi connectivity index (χ3v) is 4.67. The smallest absolute Gasteiger partial charge is 0.326 e. The first kappa shape index (κ1) is 18.1. The number of carboxylic acid groups (broad SMARTS) is 1. The molecule has 0 bridgehead atoms. The summed E-state index contributed by atoms with van der Waals surface area (Å²) in [7, 11) is 0. The van der Waals surface area contributed by atoms with Crippen molar-refractivity contribution in [1.82, 2.24) is 15.1 Å². The number of nitrogens with zero attached hydrogens (tertiary/aromatic N) is 2. The van der Waals surface area contributed by atoms with Crippen LogP contribution in [0.3, 0.4) is 0 Å². The molecule has 0 saturated carbocycles. The van der Waals surface area contributed by atoms with Crippen molar-refractivity contribution in [3.05, 3.63) is 47.0 Å². The summed E-state index contributed by atoms with van der Waals surface area (Å²) < 4.78 is 15.2. The van der Waals surface area contributed by atoms with E-state index >= 15 is 0 Å². The van der Waals surface area contributed by atoms with Crippen molar-refractivity contribution in [2.24, 2.45) is 5.92 Å². The minimum absolute atomic E-state index is 0.232. The highest BCUT2D eigenvalue weighted by Crippen LogP contribution is 2.27. The van der Waals surface area contributed by atoms with Gasteiger partial charge >= 0.3 is 5.97 Å². The first-order valence-corrected chi connectivity index (χ1v) is 8.79. The van der Waals surface area contributed by atoms with Crippen LogP contribution >= 0.6 is 0 Å². The largest absolute Gasteiger partial charge is 0.480 e. The fraction of sp³-hybridized carbons (Fsp3) is 0.421. The number of fused-ring (bicyclic) bond motifs is 1. The van der Waals surface area contributed by atoms with E-state index in [0.717, 1.165) is 30.5 Å². The maximum Gasteiger partial charge on any atom is 0.326 e. The van der Waals surface area contributed by atoms with Crippen LogP contribution < -0.4 is 5.32 Å². The zero-order valence-electron chi connectivity index (χ0n) is 14.8. The average molecular weight is 359 g/mol. The number of carboxylic acids is 1. The molecular weight excluding hydrogens is 337 g/mol. The van der Waals surface area contributed by atoms with Gasteiger partial charge in [-0.25, -0.2) is 13.9 Å². The van der Waals surface area contributed by atoms with Crippen LogP contribution in [-0.4, -0.2) is 32.8 Å². The van der Waals surface area contributed by atoms with Gasteiger partial charge in [-0.15, -0.1) is 0 Å². The van der Waals surface area contributed by atoms with E-state index in [-0.39, 0.29) is 17.4 Å². The normalized spacial score (nSPS) is 14.8. The van der Waals surface area contributed by atoms with E-state index in [2.05, 4.69) is 10.4 Å². The number of benzene rings is 1. The molecule has 7 heteroatoms. The zero-order valence-corrected chi connectivity index (χ0v) is 14.8. The van der Waals surface area contributed by atoms with Gasteiger partial charge in [0.05, 0.1) is 5.69 Å². The van der Waals surface area contributed by atoms with Crippen molar-refractivity contribution in [3.8, 4) is 5.69 Å². The van der Waals surface area contributed by atoms with E-state index in [0.29, 0.717) is 12.1 Å². The summed E-state index contributed by atoms with van der Waals surface area (Å²) >= 11 is 0. The Morgan fingerprint density at radius 1 is 1.27 bits per heavy atom. The van der Waals surface area contributed by atoms with E-state index in [1.54, 1.807) is 30.7 Å². The van der Waals surface area contributed by atoms with Crippen molar-refractivity contribution in [1.29, 1.82) is 0 Å². The molecule has 0 fully saturated rings. The molecule has 1 aliphatic rings. The van der Waals surface area contributed by atoms with Gasteiger partial charge in [0.25, 0.3) is 5.91 Å². The molecule has 0 spiro atoms. The molecule has 6 nitrogen and oxygen atoms in total. The topological polar surface area (TPSA) is 84.2 Å². The second-order valence-electron chi connectivity index (χ2n) is 6.91. The highest BCUT2D eigenvalue weighted by Gasteiger charge is 2.29. The van der Waals surface area contributed by atoms with Crippen LogP contribution in [0.25, 0.3) is 5.69 Å². The van der Waals surface area contributed by atoms with Crippen LogP contribution in [0.4, 0.5) is 4.39 Å². The molecule has 1 aliphatic carbocycles. The molecule has 3 rings (SSSR count). The standard InChI is InChI=1S/C19H22FN3O3/c1-11(2)16(19(25)26)21-18(24)17-14-8-3-4-9-15(14)23(22-17)13-7-5-6-12(20)10-13/h5-7,10-11,16H,3-4,8-9H2,1-2H3,(H,21,24)(H,25,26)/t16-/m1/s1. The number of amides is 1. The molecule has 1 atom stereocenters. The lowest BCUT2D eigenvalue weighted by molar-refractivity contribution is -0.140. The SMILES string of the molecule is CC(C)[C@@H](NC(=O)c1nn(-c2cccc(F)c2)c2c1CCCC2)C(=O)O. The number of carbonyl (C=O) groups is 2. The molecule has 2 N–H and O–H groups in total. The van der Waals surface area contributed by atoms with Gasteiger partial charge in [-0.1, -0.05) is 19.9 Å². The van der Waals surface area contributed by atoms with Gasteiger partial charge in [0.15, 0.2) is 5.69 Å². The van der Waals surface area contributed by atoms with Gasteiger partial charge in [-0.05, 0) is 49.8 Å². The predicted octanol–water partition coefficient (Wildman–Crippen LogP) is 2.73. The summed E-state index contributed by atoms with van der Waals surface area (Å²) in [6.07, 6.45) is 3.36. The van der Waals surface area contributed by atoms with Crippen LogP contribution in [0.15, 0.2) is 24.3 Å². The minimum Gasteiger partial charge on any atom is -0.480 e. The monoisotopic (exact) mass is 359 g/mol. The maximum absolute atomic E-state index is 13.6. The van der Waals surface area contributed by atoms with Crippen LogP contribution in [0.5, 0.6) is 0 Å². The Bertz CT molecular complexity index is 845. The Hall–Kier alpha value is -2.70. The fourth-order valence-electron chi connectivity index (χ4n) is 3.33. The summed E-state index contributed by atoms with van der Waals surface area (Å²) in [6.45, 7) is 3.47. The van der Waals surface area contributed by atoms with Crippen LogP contribution in [0.2, 0.25) is 0 Å². The Morgan fingerprint density at radius 3 is 2.65 bits per heavy atom. The Balaban J connectivity index is 2.00. The lowest BCUT2D eigenvalue weighted by Crippen LogP contribution is -2.44. The van der Waals surface area contributed by atoms with Crippen LogP contribution in [-0.2, 0) is 17.6 Å². The van der Waals surface area contributed by atoms with Crippen molar-refractivity contribution in [3.63, 3.8) is 0 Å². The maximum atomic E-state index is 13.6. The zero-order chi connectivity index (χ0) is 18.8. The van der Waals surface area contributed by atoms with E-state index in [1.165, 1.54) is 12.1 Å². The van der Waals surface area contributed by atoms with Gasteiger partial charge in [-0.3, -0.25) is 4.79 Å². The van der Waals surface area contributed by atoms with Crippen molar-refractivity contribution >= 4 is 11.9 Å². The number of aromatic nitrogens is 2. The lowest BCUT2D eigenvalue weighted by atomic mass is 9.95. The summed E-state index contributed by atoms with van der Waals surface area (Å²) in [5, 5.41) is 16.3. The first-order chi connectivity index (χ1) is 12.4. The molecule has 0 radical (unpaired) electrons. The Morgan fingerprint density at radius 2 is 2.00 bits per heavy atom. The molecule has 26 heavy (non-hydrogen) atoms. The predicted molar refractivity (Wildman–Crippen MR) is 93.9 cm³/mol. The summed E-state index contributed by atoms with van der Waals surface area (Å²) in [4.78, 5) is 24.1. The van der Waals surface area contributed by atoms with Crippen LogP contribution in [0, 0.1) is 11.7 Å². The summed E-state index contributed by atoms with van der Waals surface area (Å²) in [5.41, 5.74) is 2.51. The third-order valence-electron chi connectivity index (χ3n) is 4.67. The quantitative estimate of drug-likeness (QED) is 0.860. The van der Waals surface area contributed by atoms with Gasteiger partial charge in [0.2, 0.25) is 0 Å². The molecule has 2 aromatic rings. The molecule has 1 heterocycles. The second kappa shape index (κ2) is 7.27. The molecule has 138 valence electrons. The van der Waals surface area contributed by atoms with Crippen LogP contribution in [0.1, 0.15) is 48.4 Å². The first-order valence-electron chi connectivity index (χ1n) is 8.79. The molecule has 0 unspecified atom stereocenters. The van der Waals surface area contributed by atoms with Gasteiger partial charge in [-0.2, -0.15) is 5.10 Å². The lowest BCUT2D eigenvalue weighted by Gasteiger charge is -2.18. The Kier molecular flexibility index (Phi) is 5.06. The summed E-state index contributed by atoms with van der Waals surface area (Å²) in [6, 6.07) is 5.08. The number of aliphatic carboxylic acids is 1. The van der Waals surface area contributed by atoms with Gasteiger partial charge in [0, 0.05) is 11.3 Å².